The Morgan fingerprint density at radius 2 is 2.00 bits per heavy atom. The van der Waals surface area contributed by atoms with Crippen LogP contribution in [0.1, 0.15) is 46.5 Å². The first kappa shape index (κ1) is 9.67. The quantitative estimate of drug-likeness (QED) is 0.577. The minimum Gasteiger partial charge on any atom is -0.300 e. The van der Waals surface area contributed by atoms with Crippen molar-refractivity contribution in [3.63, 3.8) is 0 Å². The number of Topliss-reactive ketones (excluding diaryl/α,β-unsaturated/α-hetero) is 1. The van der Waals surface area contributed by atoms with Crippen LogP contribution in [0.15, 0.2) is 0 Å². The average molecular weight is 142 g/mol. The number of ketones is 1. The second kappa shape index (κ2) is 5.45. The Kier molecular flexibility index (Phi) is 5.27. The molecule has 0 aromatic heterocycles. The normalized spacial score (nSPS) is 13.1. The molecule has 10 heavy (non-hydrogen) atoms. The largest absolute Gasteiger partial charge is 0.300 e. The first-order valence-corrected chi connectivity index (χ1v) is 4.22. The van der Waals surface area contributed by atoms with Gasteiger partial charge in [0.05, 0.1) is 0 Å². The molecule has 1 atom stereocenters. The molecule has 0 bridgehead atoms. The third kappa shape index (κ3) is 4.54. The summed E-state index contributed by atoms with van der Waals surface area (Å²) in [6, 6.07) is 0. The summed E-state index contributed by atoms with van der Waals surface area (Å²) in [7, 11) is 0. The van der Waals surface area contributed by atoms with E-state index in [1.54, 1.807) is 0 Å². The lowest BCUT2D eigenvalue weighted by Crippen LogP contribution is -2.03. The fraction of sp³-hybridized carbons (Fsp3) is 0.889. The maximum atomic E-state index is 11.0. The lowest BCUT2D eigenvalue weighted by Gasteiger charge is -2.05. The van der Waals surface area contributed by atoms with E-state index in [0.29, 0.717) is 11.7 Å². The third-order valence-electron chi connectivity index (χ3n) is 1.80. The van der Waals surface area contributed by atoms with E-state index >= 15 is 0 Å². The Morgan fingerprint density at radius 3 is 2.40 bits per heavy atom. The highest BCUT2D eigenvalue weighted by molar-refractivity contribution is 5.78. The molecule has 0 fully saturated rings. The van der Waals surface area contributed by atoms with Crippen LogP contribution >= 0.6 is 0 Å². The average Bonchev–Trinajstić information content (AvgIpc) is 1.88. The zero-order valence-electron chi connectivity index (χ0n) is 7.31. The second-order valence-corrected chi connectivity index (χ2v) is 3.01. The Morgan fingerprint density at radius 1 is 1.40 bits per heavy atom. The van der Waals surface area contributed by atoms with Gasteiger partial charge >= 0.3 is 0 Å². The van der Waals surface area contributed by atoms with E-state index < -0.39 is 0 Å². The fourth-order valence-corrected chi connectivity index (χ4v) is 0.914. The molecule has 0 aromatic rings. The van der Waals surface area contributed by atoms with E-state index in [-0.39, 0.29) is 0 Å². The smallest absolute Gasteiger partial charge is 0.133 e. The van der Waals surface area contributed by atoms with Crippen LogP contribution in [0.2, 0.25) is 0 Å². The van der Waals surface area contributed by atoms with E-state index in [1.807, 2.05) is 0 Å². The topological polar surface area (TPSA) is 17.1 Å². The molecule has 0 saturated heterocycles. The number of hydrogen-bond acceptors (Lipinski definition) is 1. The van der Waals surface area contributed by atoms with Crippen molar-refractivity contribution in [3.05, 3.63) is 0 Å². The van der Waals surface area contributed by atoms with Crippen molar-refractivity contribution in [3.8, 4) is 0 Å². The van der Waals surface area contributed by atoms with Crippen molar-refractivity contribution in [2.24, 2.45) is 5.92 Å². The third-order valence-corrected chi connectivity index (χ3v) is 1.80. The summed E-state index contributed by atoms with van der Waals surface area (Å²) in [5.41, 5.74) is 0. The predicted octanol–water partition coefficient (Wildman–Crippen LogP) is 2.79. The van der Waals surface area contributed by atoms with Gasteiger partial charge < -0.3 is 0 Å². The zero-order chi connectivity index (χ0) is 7.98. The van der Waals surface area contributed by atoms with Crippen molar-refractivity contribution in [2.45, 2.75) is 46.5 Å². The number of carbonyl (C=O) groups excluding carboxylic acids is 1. The first-order chi connectivity index (χ1) is 4.70. The predicted molar refractivity (Wildman–Crippen MR) is 44.0 cm³/mol. The number of carbonyl (C=O) groups is 1. The van der Waals surface area contributed by atoms with Gasteiger partial charge in [-0.25, -0.2) is 0 Å². The Balaban J connectivity index is 3.37. The van der Waals surface area contributed by atoms with Gasteiger partial charge in [0.15, 0.2) is 0 Å². The minimum atomic E-state index is 0.428. The van der Waals surface area contributed by atoms with E-state index in [4.69, 9.17) is 0 Å². The second-order valence-electron chi connectivity index (χ2n) is 3.01. The summed E-state index contributed by atoms with van der Waals surface area (Å²) >= 11 is 0. The molecule has 0 aliphatic rings. The lowest BCUT2D eigenvalue weighted by molar-refractivity contribution is -0.119. The van der Waals surface area contributed by atoms with E-state index in [9.17, 15) is 4.79 Å². The summed E-state index contributed by atoms with van der Waals surface area (Å²) in [5.74, 6) is 1.01. The van der Waals surface area contributed by atoms with Gasteiger partial charge in [0.2, 0.25) is 0 Å². The van der Waals surface area contributed by atoms with E-state index in [1.165, 1.54) is 0 Å². The van der Waals surface area contributed by atoms with Crippen LogP contribution in [-0.4, -0.2) is 5.78 Å². The molecular weight excluding hydrogens is 124 g/mol. The molecule has 0 aliphatic heterocycles. The van der Waals surface area contributed by atoms with Gasteiger partial charge in [0.25, 0.3) is 0 Å². The van der Waals surface area contributed by atoms with Crippen molar-refractivity contribution < 1.29 is 4.79 Å². The fourth-order valence-electron chi connectivity index (χ4n) is 0.914. The summed E-state index contributed by atoms with van der Waals surface area (Å²) < 4.78 is 0. The summed E-state index contributed by atoms with van der Waals surface area (Å²) in [6.45, 7) is 6.31. The molecule has 1 heteroatoms. The minimum absolute atomic E-state index is 0.428. The summed E-state index contributed by atoms with van der Waals surface area (Å²) in [6.07, 6.45) is 3.67. The first-order valence-electron chi connectivity index (χ1n) is 4.22. The van der Waals surface area contributed by atoms with Gasteiger partial charge in [-0.2, -0.15) is 0 Å². The molecular formula is C9H18O. The van der Waals surface area contributed by atoms with Gasteiger partial charge in [0, 0.05) is 12.8 Å². The number of rotatable bonds is 5. The van der Waals surface area contributed by atoms with Crippen LogP contribution in [0.25, 0.3) is 0 Å². The molecule has 0 radical (unpaired) electrons. The highest BCUT2D eigenvalue weighted by atomic mass is 16.1. The molecule has 0 amide bonds. The lowest BCUT2D eigenvalue weighted by atomic mass is 10.0. The van der Waals surface area contributed by atoms with Gasteiger partial charge in [-0.3, -0.25) is 4.79 Å². The van der Waals surface area contributed by atoms with Crippen LogP contribution in [0.3, 0.4) is 0 Å². The molecule has 1 nitrogen and oxygen atoms in total. The van der Waals surface area contributed by atoms with Gasteiger partial charge in [0.1, 0.15) is 5.78 Å². The molecule has 0 N–H and O–H groups in total. The van der Waals surface area contributed by atoms with Crippen LogP contribution in [0.5, 0.6) is 0 Å². The van der Waals surface area contributed by atoms with E-state index in [0.717, 1.165) is 25.7 Å². The molecule has 0 unspecified atom stereocenters. The SMILES string of the molecule is CCCC(=O)C[C@@H](C)CC. The van der Waals surface area contributed by atoms with Crippen LogP contribution in [-0.2, 0) is 4.79 Å². The van der Waals surface area contributed by atoms with Crippen molar-refractivity contribution in [2.75, 3.05) is 0 Å². The molecule has 0 aliphatic carbocycles. The van der Waals surface area contributed by atoms with Crippen LogP contribution in [0, 0.1) is 5.92 Å². The van der Waals surface area contributed by atoms with Gasteiger partial charge in [-0.05, 0) is 12.3 Å². The molecule has 60 valence electrons. The highest BCUT2D eigenvalue weighted by Crippen LogP contribution is 2.08. The zero-order valence-corrected chi connectivity index (χ0v) is 7.31. The monoisotopic (exact) mass is 142 g/mol. The highest BCUT2D eigenvalue weighted by Gasteiger charge is 2.04. The standard InChI is InChI=1S/C9H18O/c1-4-6-9(10)7-8(3)5-2/h8H,4-7H2,1-3H3/t8-/m0/s1. The van der Waals surface area contributed by atoms with Crippen LogP contribution < -0.4 is 0 Å². The Hall–Kier alpha value is -0.330. The maximum absolute atomic E-state index is 11.0. The van der Waals surface area contributed by atoms with Crippen molar-refractivity contribution >= 4 is 5.78 Å². The van der Waals surface area contributed by atoms with Gasteiger partial charge in [-0.1, -0.05) is 27.2 Å². The summed E-state index contributed by atoms with van der Waals surface area (Å²) in [5, 5.41) is 0. The molecule has 0 rings (SSSR count). The van der Waals surface area contributed by atoms with Gasteiger partial charge in [-0.15, -0.1) is 0 Å². The molecule has 0 saturated carbocycles. The molecule has 0 aromatic carbocycles. The van der Waals surface area contributed by atoms with Crippen molar-refractivity contribution in [1.82, 2.24) is 0 Å². The van der Waals surface area contributed by atoms with E-state index in [2.05, 4.69) is 20.8 Å². The Bertz CT molecular complexity index is 96.9. The summed E-state index contributed by atoms with van der Waals surface area (Å²) in [4.78, 5) is 11.0. The van der Waals surface area contributed by atoms with Crippen molar-refractivity contribution in [1.29, 1.82) is 0 Å². The molecule has 0 spiro atoms. The Labute approximate surface area is 63.8 Å². The maximum Gasteiger partial charge on any atom is 0.133 e. The van der Waals surface area contributed by atoms with Crippen LogP contribution in [0.4, 0.5) is 0 Å². The number of hydrogen-bond donors (Lipinski definition) is 0. The molecule has 0 heterocycles.